The molecular weight excluding hydrogens is 359 g/mol. The lowest BCUT2D eigenvalue weighted by molar-refractivity contribution is -0.141. The maximum absolute atomic E-state index is 12.6. The summed E-state index contributed by atoms with van der Waals surface area (Å²) in [6.45, 7) is 0.672. The van der Waals surface area contributed by atoms with Gasteiger partial charge in [-0.25, -0.2) is 9.97 Å². The number of hydrogen-bond donors (Lipinski definition) is 0. The van der Waals surface area contributed by atoms with Gasteiger partial charge in [0.1, 0.15) is 5.69 Å². The number of alkyl halides is 3. The summed E-state index contributed by atoms with van der Waals surface area (Å²) < 4.78 is 37.9. The summed E-state index contributed by atoms with van der Waals surface area (Å²) in [5, 5.41) is 1.94. The number of rotatable bonds is 4. The molecule has 0 bridgehead atoms. The predicted molar refractivity (Wildman–Crippen MR) is 85.8 cm³/mol. The van der Waals surface area contributed by atoms with Crippen LogP contribution in [-0.2, 0) is 11.0 Å². The highest BCUT2D eigenvalue weighted by atomic mass is 32.2. The molecule has 9 heteroatoms. The van der Waals surface area contributed by atoms with Crippen molar-refractivity contribution in [1.29, 1.82) is 0 Å². The first kappa shape index (κ1) is 17.2. The first-order valence-electron chi connectivity index (χ1n) is 7.31. The van der Waals surface area contributed by atoms with Gasteiger partial charge in [-0.05, 0) is 30.4 Å². The molecule has 3 heterocycles. The van der Waals surface area contributed by atoms with Gasteiger partial charge in [-0.2, -0.15) is 13.2 Å². The van der Waals surface area contributed by atoms with Gasteiger partial charge in [-0.15, -0.1) is 11.3 Å². The van der Waals surface area contributed by atoms with Crippen molar-refractivity contribution in [3.05, 3.63) is 40.3 Å². The number of halogens is 3. The average Bonchev–Trinajstić information content (AvgIpc) is 3.22. The first-order valence-corrected chi connectivity index (χ1v) is 9.17. The summed E-state index contributed by atoms with van der Waals surface area (Å²) in [5.41, 5.74) is -0.995. The molecular formula is C15H14F3N3OS2. The molecule has 4 nitrogen and oxygen atoms in total. The second-order valence-corrected chi connectivity index (χ2v) is 7.19. The highest BCUT2D eigenvalue weighted by Crippen LogP contribution is 2.35. The van der Waals surface area contributed by atoms with Gasteiger partial charge in [0, 0.05) is 17.6 Å². The molecule has 1 atom stereocenters. The largest absolute Gasteiger partial charge is 0.433 e. The van der Waals surface area contributed by atoms with E-state index in [2.05, 4.69) is 9.97 Å². The molecule has 0 spiro atoms. The lowest BCUT2D eigenvalue weighted by Crippen LogP contribution is -2.31. The van der Waals surface area contributed by atoms with Crippen LogP contribution in [0.3, 0.4) is 0 Å². The lowest BCUT2D eigenvalue weighted by Gasteiger charge is -2.23. The maximum atomic E-state index is 12.6. The van der Waals surface area contributed by atoms with Gasteiger partial charge in [0.15, 0.2) is 5.16 Å². The molecule has 0 N–H and O–H groups in total. The fraction of sp³-hybridized carbons (Fsp3) is 0.400. The quantitative estimate of drug-likeness (QED) is 0.600. The summed E-state index contributed by atoms with van der Waals surface area (Å²) in [7, 11) is 0. The van der Waals surface area contributed by atoms with Crippen LogP contribution in [0.15, 0.2) is 34.9 Å². The molecule has 1 unspecified atom stereocenters. The molecule has 2 aromatic rings. The number of likely N-dealkylation sites (tertiary alicyclic amines) is 1. The van der Waals surface area contributed by atoms with Gasteiger partial charge in [-0.1, -0.05) is 17.8 Å². The SMILES string of the molecule is O=C(CSc1nccc(C(F)(F)F)n1)N1CCCC1c1cccs1. The number of carbonyl (C=O) groups is 1. The zero-order chi connectivity index (χ0) is 17.2. The van der Waals surface area contributed by atoms with Gasteiger partial charge >= 0.3 is 6.18 Å². The normalized spacial score (nSPS) is 18.1. The van der Waals surface area contributed by atoms with Crippen LogP contribution in [0.2, 0.25) is 0 Å². The van der Waals surface area contributed by atoms with Crippen LogP contribution >= 0.6 is 23.1 Å². The van der Waals surface area contributed by atoms with E-state index in [1.165, 1.54) is 0 Å². The number of thiophene rings is 1. The molecule has 1 fully saturated rings. The Labute approximate surface area is 145 Å². The lowest BCUT2D eigenvalue weighted by atomic mass is 10.2. The monoisotopic (exact) mass is 373 g/mol. The minimum atomic E-state index is -4.51. The van der Waals surface area contributed by atoms with Crippen LogP contribution in [0.25, 0.3) is 0 Å². The molecule has 1 aliphatic rings. The molecule has 0 radical (unpaired) electrons. The van der Waals surface area contributed by atoms with Crippen LogP contribution in [0.4, 0.5) is 13.2 Å². The highest BCUT2D eigenvalue weighted by Gasteiger charge is 2.33. The summed E-state index contributed by atoms with van der Waals surface area (Å²) in [5.74, 6) is -0.0691. The van der Waals surface area contributed by atoms with E-state index in [4.69, 9.17) is 0 Å². The molecule has 1 saturated heterocycles. The topological polar surface area (TPSA) is 46.1 Å². The van der Waals surface area contributed by atoms with Gasteiger partial charge in [0.25, 0.3) is 0 Å². The zero-order valence-electron chi connectivity index (χ0n) is 12.5. The van der Waals surface area contributed by atoms with Crippen molar-refractivity contribution in [1.82, 2.24) is 14.9 Å². The molecule has 0 saturated carbocycles. The van der Waals surface area contributed by atoms with E-state index in [1.807, 2.05) is 17.5 Å². The minimum Gasteiger partial charge on any atom is -0.334 e. The fourth-order valence-electron chi connectivity index (χ4n) is 2.62. The standard InChI is InChI=1S/C15H14F3N3OS2/c16-15(17,18)12-5-6-19-14(20-12)24-9-13(22)21-7-1-3-10(21)11-4-2-8-23-11/h2,4-6,8,10H,1,3,7,9H2. The Morgan fingerprint density at radius 2 is 2.25 bits per heavy atom. The summed E-state index contributed by atoms with van der Waals surface area (Å²) in [4.78, 5) is 22.6. The number of aromatic nitrogens is 2. The second-order valence-electron chi connectivity index (χ2n) is 5.27. The van der Waals surface area contributed by atoms with Gasteiger partial charge in [-0.3, -0.25) is 4.79 Å². The van der Waals surface area contributed by atoms with E-state index in [9.17, 15) is 18.0 Å². The number of thioether (sulfide) groups is 1. The fourth-order valence-corrected chi connectivity index (χ4v) is 4.21. The van der Waals surface area contributed by atoms with Crippen molar-refractivity contribution in [3.8, 4) is 0 Å². The third-order valence-electron chi connectivity index (χ3n) is 3.69. The van der Waals surface area contributed by atoms with E-state index in [0.29, 0.717) is 6.54 Å². The Balaban J connectivity index is 1.63. The zero-order valence-corrected chi connectivity index (χ0v) is 14.1. The Morgan fingerprint density at radius 3 is 2.96 bits per heavy atom. The molecule has 0 aromatic carbocycles. The number of nitrogens with zero attached hydrogens (tertiary/aromatic N) is 3. The molecule has 0 aliphatic carbocycles. The van der Waals surface area contributed by atoms with Gasteiger partial charge in [0.05, 0.1) is 11.8 Å². The molecule has 3 rings (SSSR count). The average molecular weight is 373 g/mol. The Morgan fingerprint density at radius 1 is 1.42 bits per heavy atom. The van der Waals surface area contributed by atoms with Crippen LogP contribution in [0.5, 0.6) is 0 Å². The maximum Gasteiger partial charge on any atom is 0.433 e. The van der Waals surface area contributed by atoms with E-state index in [1.54, 1.807) is 16.2 Å². The van der Waals surface area contributed by atoms with Crippen molar-refractivity contribution in [3.63, 3.8) is 0 Å². The van der Waals surface area contributed by atoms with E-state index in [0.717, 1.165) is 41.7 Å². The van der Waals surface area contributed by atoms with E-state index >= 15 is 0 Å². The first-order chi connectivity index (χ1) is 11.4. The molecule has 2 aromatic heterocycles. The molecule has 1 aliphatic heterocycles. The molecule has 128 valence electrons. The second kappa shape index (κ2) is 7.10. The molecule has 24 heavy (non-hydrogen) atoms. The smallest absolute Gasteiger partial charge is 0.334 e. The third kappa shape index (κ3) is 3.89. The van der Waals surface area contributed by atoms with Crippen molar-refractivity contribution < 1.29 is 18.0 Å². The number of amides is 1. The summed E-state index contributed by atoms with van der Waals surface area (Å²) in [6, 6.07) is 4.84. The van der Waals surface area contributed by atoms with Gasteiger partial charge in [0.2, 0.25) is 5.91 Å². The van der Waals surface area contributed by atoms with E-state index < -0.39 is 11.9 Å². The number of hydrogen-bond acceptors (Lipinski definition) is 5. The van der Waals surface area contributed by atoms with Crippen LogP contribution < -0.4 is 0 Å². The van der Waals surface area contributed by atoms with Crippen molar-refractivity contribution in [2.45, 2.75) is 30.2 Å². The predicted octanol–water partition coefficient (Wildman–Crippen LogP) is 4.01. The third-order valence-corrected chi connectivity index (χ3v) is 5.51. The van der Waals surface area contributed by atoms with E-state index in [-0.39, 0.29) is 22.9 Å². The van der Waals surface area contributed by atoms with Crippen molar-refractivity contribution in [2.24, 2.45) is 0 Å². The Kier molecular flexibility index (Phi) is 5.09. The summed E-state index contributed by atoms with van der Waals surface area (Å²) >= 11 is 2.55. The Bertz CT molecular complexity index is 706. The van der Waals surface area contributed by atoms with Gasteiger partial charge < -0.3 is 4.90 Å². The van der Waals surface area contributed by atoms with Crippen molar-refractivity contribution >= 4 is 29.0 Å². The number of carbonyl (C=O) groups excluding carboxylic acids is 1. The Hall–Kier alpha value is -1.61. The van der Waals surface area contributed by atoms with Crippen LogP contribution in [0, 0.1) is 0 Å². The minimum absolute atomic E-state index is 0.0309. The van der Waals surface area contributed by atoms with Crippen LogP contribution in [-0.4, -0.2) is 33.1 Å². The molecule has 1 amide bonds. The van der Waals surface area contributed by atoms with Crippen LogP contribution in [0.1, 0.15) is 29.5 Å². The highest BCUT2D eigenvalue weighted by molar-refractivity contribution is 7.99. The summed E-state index contributed by atoms with van der Waals surface area (Å²) in [6.07, 6.45) is -1.61. The van der Waals surface area contributed by atoms with Crippen molar-refractivity contribution in [2.75, 3.05) is 12.3 Å².